The van der Waals surface area contributed by atoms with Gasteiger partial charge in [0.2, 0.25) is 5.91 Å². The molecule has 0 aromatic heterocycles. The van der Waals surface area contributed by atoms with Gasteiger partial charge in [-0.2, -0.15) is 0 Å². The van der Waals surface area contributed by atoms with Gasteiger partial charge in [-0.05, 0) is 107 Å². The number of carbonyl (C=O) groups is 4. The fourth-order valence-corrected chi connectivity index (χ4v) is 6.19. The third-order valence-corrected chi connectivity index (χ3v) is 9.02. The van der Waals surface area contributed by atoms with Crippen molar-refractivity contribution < 1.29 is 33.8 Å². The van der Waals surface area contributed by atoms with Gasteiger partial charge >= 0.3 is 18.1 Å². The lowest BCUT2D eigenvalue weighted by molar-refractivity contribution is -0.144. The van der Waals surface area contributed by atoms with Gasteiger partial charge in [0.25, 0.3) is 0 Å². The van der Waals surface area contributed by atoms with E-state index in [-0.39, 0.29) is 37.3 Å². The molecule has 0 bridgehead atoms. The average molecular weight is 666 g/mol. The maximum atomic E-state index is 13.5. The smallest absolute Gasteiger partial charge is 0.408 e. The van der Waals surface area contributed by atoms with Crippen molar-refractivity contribution in [3.63, 3.8) is 0 Å². The predicted octanol–water partition coefficient (Wildman–Crippen LogP) is 4.13. The molecule has 6 N–H and O–H groups in total. The molecule has 2 aromatic rings. The Morgan fingerprint density at radius 2 is 1.88 bits per heavy atom. The van der Waals surface area contributed by atoms with Crippen LogP contribution in [-0.4, -0.2) is 77.4 Å². The summed E-state index contributed by atoms with van der Waals surface area (Å²) < 4.78 is 11.3. The summed E-state index contributed by atoms with van der Waals surface area (Å²) >= 11 is 0. The first-order valence-corrected chi connectivity index (χ1v) is 16.8. The number of ether oxygens (including phenoxy) is 2. The number of amides is 4. The van der Waals surface area contributed by atoms with Gasteiger partial charge in [-0.25, -0.2) is 14.4 Å². The highest BCUT2D eigenvalue weighted by Gasteiger charge is 2.61. The van der Waals surface area contributed by atoms with Crippen molar-refractivity contribution in [2.75, 3.05) is 26.2 Å². The Kier molecular flexibility index (Phi) is 12.3. The van der Waals surface area contributed by atoms with Crippen LogP contribution in [-0.2, 0) is 27.3 Å². The number of hydrogen-bond acceptors (Lipinski definition) is 7. The van der Waals surface area contributed by atoms with E-state index in [4.69, 9.17) is 15.2 Å². The van der Waals surface area contributed by atoms with Crippen LogP contribution in [0.25, 0.3) is 0 Å². The number of rotatable bonds is 14. The fraction of sp³-hybridized carbons (Fsp3) is 0.556. The Hall–Kier alpha value is -4.32. The van der Waals surface area contributed by atoms with Crippen molar-refractivity contribution >= 4 is 24.0 Å². The maximum Gasteiger partial charge on any atom is 0.408 e. The molecule has 12 nitrogen and oxygen atoms in total. The third kappa shape index (κ3) is 10.3. The van der Waals surface area contributed by atoms with E-state index in [0.29, 0.717) is 32.7 Å². The molecule has 1 saturated carbocycles. The zero-order valence-corrected chi connectivity index (χ0v) is 28.6. The molecule has 2 fully saturated rings. The molecular formula is C36H51N5O7. The van der Waals surface area contributed by atoms with Crippen molar-refractivity contribution in [3.8, 4) is 5.75 Å². The van der Waals surface area contributed by atoms with E-state index >= 15 is 0 Å². The third-order valence-electron chi connectivity index (χ3n) is 9.02. The van der Waals surface area contributed by atoms with E-state index in [9.17, 15) is 24.3 Å². The molecule has 1 saturated heterocycles. The van der Waals surface area contributed by atoms with Crippen LogP contribution in [0.5, 0.6) is 5.75 Å². The Balaban J connectivity index is 1.30. The highest BCUT2D eigenvalue weighted by molar-refractivity contribution is 5.93. The molecule has 4 rings (SSSR count). The Morgan fingerprint density at radius 3 is 2.56 bits per heavy atom. The van der Waals surface area contributed by atoms with Crippen LogP contribution >= 0.6 is 0 Å². The molecule has 48 heavy (non-hydrogen) atoms. The molecular weight excluding hydrogens is 614 g/mol. The first-order valence-electron chi connectivity index (χ1n) is 16.8. The van der Waals surface area contributed by atoms with Crippen LogP contribution in [0.15, 0.2) is 48.5 Å². The monoisotopic (exact) mass is 665 g/mol. The van der Waals surface area contributed by atoms with E-state index in [1.165, 1.54) is 0 Å². The van der Waals surface area contributed by atoms with Gasteiger partial charge in [0.05, 0.1) is 6.61 Å². The minimum atomic E-state index is -1.43. The summed E-state index contributed by atoms with van der Waals surface area (Å²) in [4.78, 5) is 53.4. The number of carboxylic acid groups (broad SMARTS) is 1. The van der Waals surface area contributed by atoms with Crippen LogP contribution in [0, 0.1) is 18.8 Å². The Morgan fingerprint density at radius 1 is 1.12 bits per heavy atom. The lowest BCUT2D eigenvalue weighted by Gasteiger charge is -2.33. The van der Waals surface area contributed by atoms with Crippen LogP contribution < -0.4 is 26.4 Å². The topological polar surface area (TPSA) is 172 Å². The molecule has 4 amide bonds. The summed E-state index contributed by atoms with van der Waals surface area (Å²) in [5, 5.41) is 18.2. The van der Waals surface area contributed by atoms with Gasteiger partial charge in [-0.3, -0.25) is 4.79 Å². The van der Waals surface area contributed by atoms with Gasteiger partial charge in [0, 0.05) is 26.2 Å². The number of nitrogens with two attached hydrogens (primary N) is 1. The van der Waals surface area contributed by atoms with Gasteiger partial charge in [0.15, 0.2) is 0 Å². The van der Waals surface area contributed by atoms with E-state index in [1.54, 1.807) is 25.7 Å². The average Bonchev–Trinajstić information content (AvgIpc) is 3.73. The number of urea groups is 1. The van der Waals surface area contributed by atoms with Gasteiger partial charge in [-0.15, -0.1) is 0 Å². The summed E-state index contributed by atoms with van der Waals surface area (Å²) in [5.41, 5.74) is 6.75. The summed E-state index contributed by atoms with van der Waals surface area (Å²) in [6, 6.07) is 14.0. The zero-order valence-electron chi connectivity index (χ0n) is 28.6. The van der Waals surface area contributed by atoms with Crippen molar-refractivity contribution in [2.24, 2.45) is 17.6 Å². The Bertz CT molecular complexity index is 1430. The van der Waals surface area contributed by atoms with Crippen molar-refractivity contribution in [1.29, 1.82) is 0 Å². The predicted molar refractivity (Wildman–Crippen MR) is 181 cm³/mol. The number of nitrogens with zero attached hydrogens (tertiary/aromatic N) is 1. The van der Waals surface area contributed by atoms with Crippen LogP contribution in [0.2, 0.25) is 0 Å². The molecule has 1 aliphatic carbocycles. The van der Waals surface area contributed by atoms with E-state index in [2.05, 4.69) is 16.0 Å². The highest BCUT2D eigenvalue weighted by Crippen LogP contribution is 2.46. The number of aliphatic carboxylic acids is 1. The quantitative estimate of drug-likeness (QED) is 0.200. The summed E-state index contributed by atoms with van der Waals surface area (Å²) in [7, 11) is 0. The van der Waals surface area contributed by atoms with Crippen molar-refractivity contribution in [3.05, 3.63) is 65.2 Å². The molecule has 2 unspecified atom stereocenters. The Labute approximate surface area is 283 Å². The number of carbonyl (C=O) groups excluding carboxylic acids is 3. The molecule has 1 aliphatic heterocycles. The molecule has 12 heteroatoms. The van der Waals surface area contributed by atoms with Gasteiger partial charge in [-0.1, -0.05) is 36.4 Å². The molecule has 2 aromatic carbocycles. The molecule has 1 heterocycles. The minimum absolute atomic E-state index is 0.0440. The van der Waals surface area contributed by atoms with E-state index < -0.39 is 35.2 Å². The highest BCUT2D eigenvalue weighted by atomic mass is 16.6. The number of aryl methyl sites for hydroxylation is 1. The lowest BCUT2D eigenvalue weighted by Crippen LogP contribution is -2.55. The number of nitrogens with one attached hydrogen (secondary N) is 3. The molecule has 0 radical (unpaired) electrons. The van der Waals surface area contributed by atoms with Gasteiger partial charge < -0.3 is 41.2 Å². The van der Waals surface area contributed by atoms with Crippen molar-refractivity contribution in [2.45, 2.75) is 89.9 Å². The number of piperidine rings is 1. The SMILES string of the molecule is Cc1ccc(OCCC2CCCN(C(=O)NCC[C@H](NC(=O)OC(C)(C)C)C(=O)NC3(C(=O)O)C[C@H]3Cc3ccccc3)C2)cc1CN. The molecule has 2 aliphatic rings. The minimum Gasteiger partial charge on any atom is -0.494 e. The maximum absolute atomic E-state index is 13.5. The van der Waals surface area contributed by atoms with Crippen molar-refractivity contribution in [1.82, 2.24) is 20.9 Å². The molecule has 262 valence electrons. The van der Waals surface area contributed by atoms with E-state index in [1.807, 2.05) is 55.5 Å². The first-order chi connectivity index (χ1) is 22.8. The second-order valence-electron chi connectivity index (χ2n) is 14.0. The standard InChI is InChI=1S/C36H51N5O7/c1-24-12-13-29(20-27(24)22-37)47-18-15-26-11-8-17-41(23-26)33(45)38-16-14-30(39-34(46)48-35(2,3)4)31(42)40-36(32(43)44)21-28(36)19-25-9-6-5-7-10-25/h5-7,9-10,12-13,20,26,28,30H,8,11,14-19,21-23,37H2,1-4H3,(H,38,45)(H,39,46)(H,40,42)(H,43,44)/t26?,28-,30+,36?/m1/s1. The number of carboxylic acids is 1. The number of benzene rings is 2. The lowest BCUT2D eigenvalue weighted by atomic mass is 9.95. The van der Waals surface area contributed by atoms with Gasteiger partial charge in [0.1, 0.15) is 22.9 Å². The molecule has 0 spiro atoms. The number of hydrogen-bond donors (Lipinski definition) is 5. The second kappa shape index (κ2) is 16.2. The number of alkyl carbamates (subject to hydrolysis) is 1. The van der Waals surface area contributed by atoms with Crippen LogP contribution in [0.1, 0.15) is 69.6 Å². The summed E-state index contributed by atoms with van der Waals surface area (Å²) in [5.74, 6) is -0.983. The largest absolute Gasteiger partial charge is 0.494 e. The first kappa shape index (κ1) is 36.5. The second-order valence-corrected chi connectivity index (χ2v) is 14.0. The van der Waals surface area contributed by atoms with Crippen LogP contribution in [0.3, 0.4) is 0 Å². The zero-order chi connectivity index (χ0) is 34.9. The fourth-order valence-electron chi connectivity index (χ4n) is 6.19. The number of likely N-dealkylation sites (tertiary alicyclic amines) is 1. The van der Waals surface area contributed by atoms with Crippen LogP contribution in [0.4, 0.5) is 9.59 Å². The summed E-state index contributed by atoms with van der Waals surface area (Å²) in [6.07, 6.45) is 2.68. The molecule has 4 atom stereocenters. The van der Waals surface area contributed by atoms with E-state index in [0.717, 1.165) is 41.7 Å². The summed E-state index contributed by atoms with van der Waals surface area (Å²) in [6.45, 7) is 9.41. The normalized spacial score (nSPS) is 21.1.